The molecule has 0 saturated heterocycles. The number of hydrogen-bond acceptors (Lipinski definition) is 8. The quantitative estimate of drug-likeness (QED) is 0.180. The van der Waals surface area contributed by atoms with Gasteiger partial charge in [0.05, 0.1) is 49.8 Å². The fraction of sp³-hybridized carbons (Fsp3) is 0.250. The number of benzene rings is 2. The topological polar surface area (TPSA) is 88.3 Å². The highest BCUT2D eigenvalue weighted by atomic mass is 127. The van der Waals surface area contributed by atoms with Crippen LogP contribution in [0.2, 0.25) is 0 Å². The van der Waals surface area contributed by atoms with Crippen LogP contribution in [0.15, 0.2) is 64.0 Å². The van der Waals surface area contributed by atoms with Crippen molar-refractivity contribution in [3.8, 4) is 17.2 Å². The summed E-state index contributed by atoms with van der Waals surface area (Å²) in [6.45, 7) is 7.80. The predicted octanol–water partition coefficient (Wildman–Crippen LogP) is 4.59. The van der Waals surface area contributed by atoms with Crippen molar-refractivity contribution in [3.63, 3.8) is 0 Å². The Kier molecular flexibility index (Phi) is 9.54. The summed E-state index contributed by atoms with van der Waals surface area (Å²) < 4.78 is 25.9. The van der Waals surface area contributed by atoms with E-state index in [9.17, 15) is 9.59 Å². The molecule has 0 unspecified atom stereocenters. The van der Waals surface area contributed by atoms with Crippen LogP contribution in [0.3, 0.4) is 0 Å². The van der Waals surface area contributed by atoms with E-state index in [0.717, 1.165) is 18.5 Å². The number of carbonyl (C=O) groups excluding carboxylic acids is 1. The fourth-order valence-electron chi connectivity index (χ4n) is 4.22. The summed E-state index contributed by atoms with van der Waals surface area (Å²) in [6.07, 6.45) is 3.53. The van der Waals surface area contributed by atoms with Crippen LogP contribution in [-0.2, 0) is 9.53 Å². The maximum absolute atomic E-state index is 13.9. The van der Waals surface area contributed by atoms with Crippen molar-refractivity contribution in [2.24, 2.45) is 4.99 Å². The first kappa shape index (κ1) is 29.3. The number of methoxy groups -OCH3 is 2. The number of carbonyl (C=O) groups is 1. The lowest BCUT2D eigenvalue weighted by Gasteiger charge is -2.25. The molecule has 1 aromatic heterocycles. The Morgan fingerprint density at radius 1 is 1.15 bits per heavy atom. The summed E-state index contributed by atoms with van der Waals surface area (Å²) in [5.41, 5.74) is 2.06. The second-order valence-corrected chi connectivity index (χ2v) is 11.7. The average molecular weight is 772 g/mol. The summed E-state index contributed by atoms with van der Waals surface area (Å²) in [4.78, 5) is 32.2. The molecule has 0 fully saturated rings. The number of ether oxygens (including phenoxy) is 4. The molecule has 0 aliphatic carbocycles. The monoisotopic (exact) mass is 772 g/mol. The van der Waals surface area contributed by atoms with Crippen LogP contribution in [0.4, 0.5) is 0 Å². The lowest BCUT2D eigenvalue weighted by molar-refractivity contribution is -0.139. The molecule has 39 heavy (non-hydrogen) atoms. The molecule has 2 aromatic carbocycles. The minimum absolute atomic E-state index is 0.197. The largest absolute Gasteiger partial charge is 0.493 e. The van der Waals surface area contributed by atoms with Gasteiger partial charge in [0, 0.05) is 0 Å². The molecular weight excluding hydrogens is 746 g/mol. The van der Waals surface area contributed by atoms with Crippen molar-refractivity contribution in [1.29, 1.82) is 0 Å². The molecule has 1 aliphatic heterocycles. The van der Waals surface area contributed by atoms with Gasteiger partial charge in [-0.3, -0.25) is 9.36 Å². The lowest BCUT2D eigenvalue weighted by atomic mass is 9.95. The van der Waals surface area contributed by atoms with E-state index in [1.165, 1.54) is 18.4 Å². The van der Waals surface area contributed by atoms with E-state index in [1.54, 1.807) is 43.7 Å². The second-order valence-electron chi connectivity index (χ2n) is 8.33. The maximum Gasteiger partial charge on any atom is 0.338 e. The third-order valence-electron chi connectivity index (χ3n) is 5.90. The van der Waals surface area contributed by atoms with Crippen molar-refractivity contribution in [3.05, 3.63) is 92.2 Å². The van der Waals surface area contributed by atoms with E-state index in [-0.39, 0.29) is 12.2 Å². The van der Waals surface area contributed by atoms with Crippen molar-refractivity contribution in [2.75, 3.05) is 27.4 Å². The number of fused-ring (bicyclic) bond motifs is 1. The molecule has 0 radical (unpaired) electrons. The van der Waals surface area contributed by atoms with Crippen LogP contribution in [0.1, 0.15) is 31.0 Å². The first-order valence-electron chi connectivity index (χ1n) is 11.9. The number of esters is 1. The minimum Gasteiger partial charge on any atom is -0.493 e. The molecule has 0 bridgehead atoms. The van der Waals surface area contributed by atoms with Gasteiger partial charge >= 0.3 is 5.97 Å². The smallest absolute Gasteiger partial charge is 0.338 e. The molecule has 11 heteroatoms. The van der Waals surface area contributed by atoms with Crippen LogP contribution >= 0.6 is 56.5 Å². The number of thiazole rings is 1. The SMILES string of the molecule is C=CCOc1c(I)cc(/C=c2\sc3n(c2=O)[C@H](c2ccc(OC)c(OC)c2)C(C(=O)OCC)=C(C)N=3)cc1I. The molecule has 0 N–H and O–H groups in total. The molecule has 3 aromatic rings. The molecule has 2 heterocycles. The standard InChI is InChI=1S/C28H26I2N2O6S/c1-6-10-38-25-18(29)11-16(12-19(25)30)13-22-26(33)32-24(17-8-9-20(35-4)21(14-17)36-5)23(27(34)37-7-2)15(3)31-28(32)39-22/h6,8-9,11-14,24H,1,7,10H2,2-5H3/b22-13-/t24-/m1/s1. The number of rotatable bonds is 9. The third-order valence-corrected chi connectivity index (χ3v) is 8.49. The normalized spacial score (nSPS) is 14.9. The number of allylic oxidation sites excluding steroid dienone is 1. The highest BCUT2D eigenvalue weighted by Crippen LogP contribution is 2.36. The first-order chi connectivity index (χ1) is 18.7. The molecule has 4 rings (SSSR count). The number of aromatic nitrogens is 1. The van der Waals surface area contributed by atoms with Gasteiger partial charge in [-0.25, -0.2) is 9.79 Å². The Balaban J connectivity index is 1.92. The molecule has 0 saturated carbocycles. The van der Waals surface area contributed by atoms with Crippen molar-refractivity contribution in [1.82, 2.24) is 4.57 Å². The number of nitrogens with zero attached hydrogens (tertiary/aromatic N) is 2. The zero-order valence-electron chi connectivity index (χ0n) is 21.7. The van der Waals surface area contributed by atoms with E-state index in [1.807, 2.05) is 24.3 Å². The van der Waals surface area contributed by atoms with Gasteiger partial charge in [0.15, 0.2) is 16.3 Å². The van der Waals surface area contributed by atoms with Crippen LogP contribution in [-0.4, -0.2) is 38.0 Å². The Hall–Kier alpha value is -2.65. The van der Waals surface area contributed by atoms with E-state index in [4.69, 9.17) is 18.9 Å². The van der Waals surface area contributed by atoms with Gasteiger partial charge in [-0.05, 0) is 100 Å². The molecule has 1 aliphatic rings. The highest BCUT2D eigenvalue weighted by Gasteiger charge is 2.34. The molecule has 204 valence electrons. The molecule has 8 nitrogen and oxygen atoms in total. The summed E-state index contributed by atoms with van der Waals surface area (Å²) in [5.74, 6) is 1.28. The zero-order chi connectivity index (χ0) is 28.3. The van der Waals surface area contributed by atoms with Gasteiger partial charge in [-0.15, -0.1) is 0 Å². The van der Waals surface area contributed by atoms with Gasteiger partial charge in [0.2, 0.25) is 0 Å². The van der Waals surface area contributed by atoms with Crippen LogP contribution in [0.5, 0.6) is 17.2 Å². The second kappa shape index (κ2) is 12.7. The van der Waals surface area contributed by atoms with Gasteiger partial charge < -0.3 is 18.9 Å². The Bertz CT molecular complexity index is 1630. The van der Waals surface area contributed by atoms with E-state index in [2.05, 4.69) is 56.8 Å². The van der Waals surface area contributed by atoms with Crippen LogP contribution in [0.25, 0.3) is 6.08 Å². The average Bonchev–Trinajstić information content (AvgIpc) is 3.21. The van der Waals surface area contributed by atoms with E-state index < -0.39 is 12.0 Å². The minimum atomic E-state index is -0.753. The molecule has 0 amide bonds. The summed E-state index contributed by atoms with van der Waals surface area (Å²) >= 11 is 5.71. The molecule has 1 atom stereocenters. The Labute approximate surface area is 256 Å². The maximum atomic E-state index is 13.9. The summed E-state index contributed by atoms with van der Waals surface area (Å²) in [5, 5.41) is 0. The number of halogens is 2. The van der Waals surface area contributed by atoms with E-state index >= 15 is 0 Å². The fourth-order valence-corrected chi connectivity index (χ4v) is 7.40. The third kappa shape index (κ3) is 5.94. The first-order valence-corrected chi connectivity index (χ1v) is 14.9. The van der Waals surface area contributed by atoms with Crippen molar-refractivity contribution < 1.29 is 23.7 Å². The molecular formula is C28H26I2N2O6S. The van der Waals surface area contributed by atoms with Gasteiger partial charge in [0.25, 0.3) is 5.56 Å². The predicted molar refractivity (Wildman–Crippen MR) is 168 cm³/mol. The Morgan fingerprint density at radius 3 is 2.46 bits per heavy atom. The van der Waals surface area contributed by atoms with Gasteiger partial charge in [-0.1, -0.05) is 30.1 Å². The van der Waals surface area contributed by atoms with Crippen molar-refractivity contribution >= 4 is 68.6 Å². The Morgan fingerprint density at radius 2 is 1.85 bits per heavy atom. The summed E-state index contributed by atoms with van der Waals surface area (Å²) in [7, 11) is 3.09. The number of hydrogen-bond donors (Lipinski definition) is 0. The van der Waals surface area contributed by atoms with Gasteiger partial charge in [-0.2, -0.15) is 0 Å². The highest BCUT2D eigenvalue weighted by molar-refractivity contribution is 14.1. The zero-order valence-corrected chi connectivity index (χ0v) is 26.9. The lowest BCUT2D eigenvalue weighted by Crippen LogP contribution is -2.40. The van der Waals surface area contributed by atoms with Crippen molar-refractivity contribution in [2.45, 2.75) is 19.9 Å². The van der Waals surface area contributed by atoms with Crippen LogP contribution in [0, 0.1) is 7.14 Å². The summed E-state index contributed by atoms with van der Waals surface area (Å²) in [6, 6.07) is 8.50. The molecule has 0 spiro atoms. The van der Waals surface area contributed by atoms with Crippen LogP contribution < -0.4 is 29.1 Å². The van der Waals surface area contributed by atoms with E-state index in [0.29, 0.717) is 44.3 Å². The van der Waals surface area contributed by atoms with Gasteiger partial charge in [0.1, 0.15) is 12.4 Å².